The fraction of sp³-hybridized carbons (Fsp3) is 0.368. The van der Waals surface area contributed by atoms with Crippen LogP contribution in [0.5, 0.6) is 0 Å². The standard InChI is InChI=1S/C19H21ClF2N4O3/c1-11-8-15(9-16(24-11)25-13(3)27)12(2)19(20,18(4,21)22)29-26-17(28)14-6-5-7-23-10-14/h5-10,12H,1-4H3,(H,26,28)(H,24,25,27). The number of pyridine rings is 2. The number of alkyl halides is 3. The predicted octanol–water partition coefficient (Wildman–Crippen LogP) is 3.80. The van der Waals surface area contributed by atoms with Crippen molar-refractivity contribution in [1.82, 2.24) is 15.4 Å². The maximum atomic E-state index is 14.5. The number of aromatic nitrogens is 2. The molecule has 2 heterocycles. The molecule has 2 aromatic rings. The van der Waals surface area contributed by atoms with E-state index >= 15 is 0 Å². The quantitative estimate of drug-likeness (QED) is 0.519. The number of nitrogens with zero attached hydrogens (tertiary/aromatic N) is 2. The normalized spacial score (nSPS) is 14.6. The Morgan fingerprint density at radius 3 is 2.55 bits per heavy atom. The summed E-state index contributed by atoms with van der Waals surface area (Å²) in [6, 6.07) is 5.93. The van der Waals surface area contributed by atoms with Crippen molar-refractivity contribution in [2.75, 3.05) is 5.32 Å². The Kier molecular flexibility index (Phi) is 6.86. The number of hydrogen-bond acceptors (Lipinski definition) is 5. The minimum absolute atomic E-state index is 0.117. The van der Waals surface area contributed by atoms with Crippen LogP contribution in [0.3, 0.4) is 0 Å². The van der Waals surface area contributed by atoms with Crippen molar-refractivity contribution in [1.29, 1.82) is 0 Å². The van der Waals surface area contributed by atoms with Crippen molar-refractivity contribution in [3.05, 3.63) is 53.5 Å². The Hall–Kier alpha value is -2.65. The lowest BCUT2D eigenvalue weighted by atomic mass is 9.91. The fourth-order valence-electron chi connectivity index (χ4n) is 2.64. The lowest BCUT2D eigenvalue weighted by Crippen LogP contribution is -2.51. The van der Waals surface area contributed by atoms with Crippen LogP contribution in [0.4, 0.5) is 14.6 Å². The van der Waals surface area contributed by atoms with E-state index in [0.717, 1.165) is 0 Å². The molecular formula is C19H21ClF2N4O3. The molecule has 0 spiro atoms. The molecule has 0 aromatic carbocycles. The van der Waals surface area contributed by atoms with E-state index in [1.165, 1.54) is 44.4 Å². The zero-order valence-corrected chi connectivity index (χ0v) is 17.1. The first kappa shape index (κ1) is 22.6. The number of anilines is 1. The van der Waals surface area contributed by atoms with Crippen LogP contribution in [0, 0.1) is 6.92 Å². The summed E-state index contributed by atoms with van der Waals surface area (Å²) < 4.78 is 28.9. The second-order valence-electron chi connectivity index (χ2n) is 6.64. The van der Waals surface area contributed by atoms with Crippen LogP contribution in [-0.2, 0) is 9.63 Å². The van der Waals surface area contributed by atoms with Crippen molar-refractivity contribution in [3.63, 3.8) is 0 Å². The van der Waals surface area contributed by atoms with E-state index in [1.54, 1.807) is 13.0 Å². The summed E-state index contributed by atoms with van der Waals surface area (Å²) in [5, 5.41) is -0.114. The highest BCUT2D eigenvalue weighted by Gasteiger charge is 2.55. The molecule has 10 heteroatoms. The van der Waals surface area contributed by atoms with Crippen molar-refractivity contribution in [3.8, 4) is 0 Å². The first-order chi connectivity index (χ1) is 13.4. The van der Waals surface area contributed by atoms with Crippen LogP contribution in [0.15, 0.2) is 36.7 Å². The second-order valence-corrected chi connectivity index (χ2v) is 7.20. The molecule has 0 saturated heterocycles. The highest BCUT2D eigenvalue weighted by atomic mass is 35.5. The van der Waals surface area contributed by atoms with Crippen molar-refractivity contribution < 1.29 is 23.2 Å². The summed E-state index contributed by atoms with van der Waals surface area (Å²) in [6.07, 6.45) is 2.72. The van der Waals surface area contributed by atoms with E-state index in [1.807, 2.05) is 5.48 Å². The van der Waals surface area contributed by atoms with Gasteiger partial charge in [0.2, 0.25) is 11.0 Å². The third-order valence-electron chi connectivity index (χ3n) is 4.15. The Balaban J connectivity index is 2.32. The Labute approximate surface area is 171 Å². The van der Waals surface area contributed by atoms with Gasteiger partial charge >= 0.3 is 0 Å². The van der Waals surface area contributed by atoms with Gasteiger partial charge in [0, 0.05) is 37.9 Å². The van der Waals surface area contributed by atoms with E-state index < -0.39 is 22.8 Å². The maximum absolute atomic E-state index is 14.5. The number of aryl methyl sites for hydroxylation is 1. The largest absolute Gasteiger partial charge is 0.311 e. The average Bonchev–Trinajstić information content (AvgIpc) is 2.64. The maximum Gasteiger partial charge on any atom is 0.290 e. The third kappa shape index (κ3) is 5.45. The van der Waals surface area contributed by atoms with Gasteiger partial charge in [-0.1, -0.05) is 18.5 Å². The molecule has 2 unspecified atom stereocenters. The van der Waals surface area contributed by atoms with E-state index in [2.05, 4.69) is 15.3 Å². The molecule has 0 aliphatic heterocycles. The van der Waals surface area contributed by atoms with Crippen LogP contribution >= 0.6 is 11.6 Å². The molecule has 2 aromatic heterocycles. The lowest BCUT2D eigenvalue weighted by Gasteiger charge is -2.37. The highest BCUT2D eigenvalue weighted by Crippen LogP contribution is 2.46. The zero-order valence-electron chi connectivity index (χ0n) is 16.3. The van der Waals surface area contributed by atoms with Gasteiger partial charge in [-0.25, -0.2) is 24.1 Å². The van der Waals surface area contributed by atoms with Gasteiger partial charge in [-0.15, -0.1) is 0 Å². The SMILES string of the molecule is CC(=O)Nc1cc(C(C)C(Cl)(ONC(=O)c2cccnc2)C(C)(F)F)cc(C)n1. The Bertz CT molecular complexity index is 893. The van der Waals surface area contributed by atoms with E-state index in [9.17, 15) is 18.4 Å². The van der Waals surface area contributed by atoms with Gasteiger partial charge in [-0.05, 0) is 36.8 Å². The van der Waals surface area contributed by atoms with Gasteiger partial charge in [0.15, 0.2) is 0 Å². The fourth-order valence-corrected chi connectivity index (χ4v) is 2.80. The molecule has 2 atom stereocenters. The van der Waals surface area contributed by atoms with Crippen LogP contribution in [0.2, 0.25) is 0 Å². The number of carbonyl (C=O) groups excluding carboxylic acids is 2. The Morgan fingerprint density at radius 1 is 1.31 bits per heavy atom. The smallest absolute Gasteiger partial charge is 0.290 e. The molecule has 2 N–H and O–H groups in total. The van der Waals surface area contributed by atoms with Gasteiger partial charge in [-0.3, -0.25) is 14.6 Å². The summed E-state index contributed by atoms with van der Waals surface area (Å²) in [4.78, 5) is 36.5. The van der Waals surface area contributed by atoms with Gasteiger partial charge < -0.3 is 5.32 Å². The van der Waals surface area contributed by atoms with Crippen LogP contribution in [0.1, 0.15) is 48.3 Å². The molecule has 0 radical (unpaired) electrons. The first-order valence-electron chi connectivity index (χ1n) is 8.65. The summed E-state index contributed by atoms with van der Waals surface area (Å²) in [5.41, 5.74) is 2.92. The molecule has 2 rings (SSSR count). The molecule has 156 valence electrons. The molecule has 7 nitrogen and oxygen atoms in total. The molecule has 0 fully saturated rings. The third-order valence-corrected chi connectivity index (χ3v) is 4.89. The molecule has 0 aliphatic carbocycles. The molecule has 0 aliphatic rings. The highest BCUT2D eigenvalue weighted by molar-refractivity contribution is 6.24. The van der Waals surface area contributed by atoms with E-state index in [0.29, 0.717) is 18.2 Å². The monoisotopic (exact) mass is 426 g/mol. The number of halogens is 3. The number of amides is 2. The van der Waals surface area contributed by atoms with E-state index in [4.69, 9.17) is 16.4 Å². The minimum atomic E-state index is -3.55. The summed E-state index contributed by atoms with van der Waals surface area (Å²) in [5.74, 6) is -5.60. The molecule has 2 amide bonds. The van der Waals surface area contributed by atoms with Crippen molar-refractivity contribution in [2.45, 2.75) is 44.6 Å². The topological polar surface area (TPSA) is 93.2 Å². The van der Waals surface area contributed by atoms with E-state index in [-0.39, 0.29) is 17.3 Å². The number of hydrogen-bond donors (Lipinski definition) is 2. The molecule has 29 heavy (non-hydrogen) atoms. The number of nitrogens with one attached hydrogen (secondary N) is 2. The average molecular weight is 427 g/mol. The van der Waals surface area contributed by atoms with Crippen molar-refractivity contribution in [2.24, 2.45) is 0 Å². The van der Waals surface area contributed by atoms with Gasteiger partial charge in [0.1, 0.15) is 5.82 Å². The summed E-state index contributed by atoms with van der Waals surface area (Å²) in [6.45, 7) is 4.96. The predicted molar refractivity (Wildman–Crippen MR) is 104 cm³/mol. The van der Waals surface area contributed by atoms with Crippen LogP contribution < -0.4 is 10.8 Å². The molecule has 0 saturated carbocycles. The van der Waals surface area contributed by atoms with Crippen LogP contribution in [0.25, 0.3) is 0 Å². The minimum Gasteiger partial charge on any atom is -0.311 e. The van der Waals surface area contributed by atoms with Gasteiger partial charge in [0.25, 0.3) is 11.8 Å². The summed E-state index contributed by atoms with van der Waals surface area (Å²) in [7, 11) is 0. The number of hydroxylamine groups is 1. The van der Waals surface area contributed by atoms with Crippen LogP contribution in [-0.4, -0.2) is 32.8 Å². The van der Waals surface area contributed by atoms with Gasteiger partial charge in [0.05, 0.1) is 5.56 Å². The number of rotatable bonds is 7. The molecular weight excluding hydrogens is 406 g/mol. The first-order valence-corrected chi connectivity index (χ1v) is 9.03. The van der Waals surface area contributed by atoms with Gasteiger partial charge in [-0.2, -0.15) is 0 Å². The number of carbonyl (C=O) groups is 2. The molecule has 0 bridgehead atoms. The Morgan fingerprint density at radius 2 is 2.00 bits per heavy atom. The zero-order chi connectivity index (χ0) is 21.8. The summed E-state index contributed by atoms with van der Waals surface area (Å²) >= 11 is 6.23. The lowest BCUT2D eigenvalue weighted by molar-refractivity contribution is -0.183. The van der Waals surface area contributed by atoms with Crippen molar-refractivity contribution >= 4 is 29.2 Å². The second kappa shape index (κ2) is 8.79.